The molecule has 0 aliphatic carbocycles. The van der Waals surface area contributed by atoms with Crippen LogP contribution in [0.3, 0.4) is 0 Å². The van der Waals surface area contributed by atoms with E-state index in [4.69, 9.17) is 0 Å². The van der Waals surface area contributed by atoms with Gasteiger partial charge in [0.15, 0.2) is 0 Å². The fourth-order valence-corrected chi connectivity index (χ4v) is 3.74. The average molecular weight is 374 g/mol. The van der Waals surface area contributed by atoms with Crippen molar-refractivity contribution in [3.8, 4) is 0 Å². The molecule has 2 aromatic rings. The minimum absolute atomic E-state index is 0.0926. The largest absolute Gasteiger partial charge is 0.305 e. The smallest absolute Gasteiger partial charge is 0.145 e. The molecule has 2 rings (SSSR count). The highest BCUT2D eigenvalue weighted by molar-refractivity contribution is 9.10. The summed E-state index contributed by atoms with van der Waals surface area (Å²) in [5, 5.41) is 5.26. The lowest BCUT2D eigenvalue weighted by molar-refractivity contribution is 0.502. The van der Waals surface area contributed by atoms with E-state index < -0.39 is 17.7 Å². The van der Waals surface area contributed by atoms with E-state index in [0.717, 1.165) is 23.3 Å². The van der Waals surface area contributed by atoms with Crippen LogP contribution in [0.2, 0.25) is 0 Å². The molecule has 5 heteroatoms. The van der Waals surface area contributed by atoms with Gasteiger partial charge < -0.3 is 5.32 Å². The summed E-state index contributed by atoms with van der Waals surface area (Å²) < 4.78 is 29.0. The van der Waals surface area contributed by atoms with Gasteiger partial charge in [0.1, 0.15) is 11.6 Å². The lowest BCUT2D eigenvalue weighted by Crippen LogP contribution is -2.25. The van der Waals surface area contributed by atoms with Crippen LogP contribution in [0.1, 0.15) is 42.3 Å². The van der Waals surface area contributed by atoms with Gasteiger partial charge in [0.25, 0.3) is 0 Å². The average Bonchev–Trinajstić information content (AvgIpc) is 2.95. The molecule has 0 fully saturated rings. The lowest BCUT2D eigenvalue weighted by atomic mass is 10.00. The summed E-state index contributed by atoms with van der Waals surface area (Å²) in [5.41, 5.74) is 1.22. The molecule has 114 valence electrons. The van der Waals surface area contributed by atoms with E-state index in [1.165, 1.54) is 23.5 Å². The number of aryl methyl sites for hydroxylation is 1. The first-order valence-electron chi connectivity index (χ1n) is 7.03. The van der Waals surface area contributed by atoms with E-state index in [1.807, 2.05) is 18.4 Å². The van der Waals surface area contributed by atoms with Crippen molar-refractivity contribution < 1.29 is 8.78 Å². The molecule has 0 aliphatic rings. The number of rotatable bonds is 6. The zero-order chi connectivity index (χ0) is 15.4. The van der Waals surface area contributed by atoms with Crippen molar-refractivity contribution in [2.45, 2.75) is 32.7 Å². The van der Waals surface area contributed by atoms with Crippen molar-refractivity contribution in [3.63, 3.8) is 0 Å². The molecule has 0 radical (unpaired) electrons. The fraction of sp³-hybridized carbons (Fsp3) is 0.375. The molecular formula is C16H18BrF2NS. The maximum absolute atomic E-state index is 14.4. The van der Waals surface area contributed by atoms with Gasteiger partial charge in [-0.25, -0.2) is 8.78 Å². The third kappa shape index (κ3) is 3.52. The second-order valence-electron chi connectivity index (χ2n) is 4.81. The highest BCUT2D eigenvalue weighted by atomic mass is 79.9. The summed E-state index contributed by atoms with van der Waals surface area (Å²) in [6.07, 6.45) is 1.75. The summed E-state index contributed by atoms with van der Waals surface area (Å²) in [6, 6.07) is 4.29. The molecule has 21 heavy (non-hydrogen) atoms. The number of nitrogens with one attached hydrogen (secondary N) is 1. The molecule has 1 unspecified atom stereocenters. The van der Waals surface area contributed by atoms with E-state index in [1.54, 1.807) is 0 Å². The highest BCUT2D eigenvalue weighted by Gasteiger charge is 2.25. The molecular weight excluding hydrogens is 356 g/mol. The Balaban J connectivity index is 2.53. The molecule has 1 aromatic carbocycles. The zero-order valence-corrected chi connectivity index (χ0v) is 14.5. The first kappa shape index (κ1) is 16.6. The quantitative estimate of drug-likeness (QED) is 0.664. The molecule has 0 amide bonds. The van der Waals surface area contributed by atoms with E-state index in [9.17, 15) is 8.78 Å². The normalized spacial score (nSPS) is 12.6. The van der Waals surface area contributed by atoms with Crippen LogP contribution >= 0.6 is 27.3 Å². The minimum Gasteiger partial charge on any atom is -0.305 e. The maximum Gasteiger partial charge on any atom is 0.145 e. The van der Waals surface area contributed by atoms with E-state index in [0.29, 0.717) is 6.54 Å². The highest BCUT2D eigenvalue weighted by Crippen LogP contribution is 2.35. The topological polar surface area (TPSA) is 12.0 Å². The van der Waals surface area contributed by atoms with Crippen LogP contribution in [0.5, 0.6) is 0 Å². The Morgan fingerprint density at radius 2 is 2.00 bits per heavy atom. The van der Waals surface area contributed by atoms with E-state index >= 15 is 0 Å². The number of hydrogen-bond acceptors (Lipinski definition) is 2. The maximum atomic E-state index is 14.4. The molecule has 0 aliphatic heterocycles. The SMILES string of the molecule is CCCNC(c1sccc1CC)c1c(F)ccc(Br)c1F. The first-order chi connectivity index (χ1) is 10.1. The van der Waals surface area contributed by atoms with Gasteiger partial charge in [-0.15, -0.1) is 11.3 Å². The zero-order valence-electron chi connectivity index (χ0n) is 12.1. The van der Waals surface area contributed by atoms with Crippen molar-refractivity contribution in [2.75, 3.05) is 6.54 Å². The second-order valence-corrected chi connectivity index (χ2v) is 6.61. The Hall–Kier alpha value is -0.780. The van der Waals surface area contributed by atoms with Crippen LogP contribution < -0.4 is 5.32 Å². The van der Waals surface area contributed by atoms with Gasteiger partial charge in [0, 0.05) is 10.4 Å². The third-order valence-corrected chi connectivity index (χ3v) is 5.03. The Morgan fingerprint density at radius 1 is 1.24 bits per heavy atom. The molecule has 0 saturated heterocycles. The van der Waals surface area contributed by atoms with Gasteiger partial charge in [0.2, 0.25) is 0 Å². The van der Waals surface area contributed by atoms with Gasteiger partial charge in [-0.05, 0) is 64.5 Å². The van der Waals surface area contributed by atoms with Crippen LogP contribution in [-0.4, -0.2) is 6.54 Å². The van der Waals surface area contributed by atoms with Gasteiger partial charge >= 0.3 is 0 Å². The standard InChI is InChI=1S/C16H18BrF2NS/c1-3-8-20-15(16-10(4-2)7-9-21-16)13-12(18)6-5-11(17)14(13)19/h5-7,9,15,20H,3-4,8H2,1-2H3. The fourth-order valence-electron chi connectivity index (χ4n) is 2.31. The molecule has 0 saturated carbocycles. The monoisotopic (exact) mass is 373 g/mol. The summed E-state index contributed by atoms with van der Waals surface area (Å²) in [4.78, 5) is 0.988. The predicted molar refractivity (Wildman–Crippen MR) is 87.9 cm³/mol. The van der Waals surface area contributed by atoms with Crippen molar-refractivity contribution in [1.82, 2.24) is 5.32 Å². The van der Waals surface area contributed by atoms with Crippen molar-refractivity contribution >= 4 is 27.3 Å². The Labute approximate surface area is 136 Å². The third-order valence-electron chi connectivity index (χ3n) is 3.39. The molecule has 1 N–H and O–H groups in total. The summed E-state index contributed by atoms with van der Waals surface area (Å²) in [6.45, 7) is 4.79. The second kappa shape index (κ2) is 7.47. The summed E-state index contributed by atoms with van der Waals surface area (Å²) in [7, 11) is 0. The first-order valence-corrected chi connectivity index (χ1v) is 8.70. The van der Waals surface area contributed by atoms with E-state index in [-0.39, 0.29) is 10.0 Å². The Bertz CT molecular complexity index is 612. The number of hydrogen-bond donors (Lipinski definition) is 1. The van der Waals surface area contributed by atoms with Crippen molar-refractivity contribution in [2.24, 2.45) is 0 Å². The molecule has 1 nitrogen and oxygen atoms in total. The number of thiophene rings is 1. The summed E-state index contributed by atoms with van der Waals surface area (Å²) >= 11 is 4.69. The molecule has 1 atom stereocenters. The van der Waals surface area contributed by atoms with Crippen LogP contribution in [0, 0.1) is 11.6 Å². The van der Waals surface area contributed by atoms with E-state index in [2.05, 4.69) is 28.2 Å². The van der Waals surface area contributed by atoms with Crippen LogP contribution in [0.15, 0.2) is 28.1 Å². The lowest BCUT2D eigenvalue weighted by Gasteiger charge is -2.21. The number of halogens is 3. The van der Waals surface area contributed by atoms with Crippen molar-refractivity contribution in [1.29, 1.82) is 0 Å². The molecule has 0 bridgehead atoms. The molecule has 1 aromatic heterocycles. The van der Waals surface area contributed by atoms with Gasteiger partial charge in [-0.2, -0.15) is 0 Å². The van der Waals surface area contributed by atoms with Crippen LogP contribution in [0.4, 0.5) is 8.78 Å². The Morgan fingerprint density at radius 3 is 2.67 bits per heavy atom. The Kier molecular flexibility index (Phi) is 5.90. The van der Waals surface area contributed by atoms with Crippen LogP contribution in [-0.2, 0) is 6.42 Å². The van der Waals surface area contributed by atoms with Gasteiger partial charge in [-0.1, -0.05) is 13.8 Å². The minimum atomic E-state index is -0.529. The van der Waals surface area contributed by atoms with Gasteiger partial charge in [0.05, 0.1) is 10.5 Å². The molecule has 0 spiro atoms. The number of benzene rings is 1. The summed E-state index contributed by atoms with van der Waals surface area (Å²) in [5.74, 6) is -1.04. The van der Waals surface area contributed by atoms with Crippen LogP contribution in [0.25, 0.3) is 0 Å². The predicted octanol–water partition coefficient (Wildman–Crippen LogP) is 5.44. The van der Waals surface area contributed by atoms with Crippen molar-refractivity contribution in [3.05, 3.63) is 55.7 Å². The molecule has 1 heterocycles. The van der Waals surface area contributed by atoms with Gasteiger partial charge in [-0.3, -0.25) is 0 Å².